The Labute approximate surface area is 121 Å². The third kappa shape index (κ3) is 4.82. The van der Waals surface area contributed by atoms with E-state index in [-0.39, 0.29) is 17.0 Å². The summed E-state index contributed by atoms with van der Waals surface area (Å²) in [6.07, 6.45) is -4.29. The first kappa shape index (κ1) is 17.6. The molecule has 0 unspecified atom stereocenters. The van der Waals surface area contributed by atoms with Crippen LogP contribution in [0.2, 0.25) is 0 Å². The topological polar surface area (TPSA) is 53.4 Å². The summed E-state index contributed by atoms with van der Waals surface area (Å²) in [4.78, 5) is 11.4. The van der Waals surface area contributed by atoms with Crippen LogP contribution < -0.4 is 0 Å². The lowest BCUT2D eigenvalue weighted by Gasteiger charge is -2.07. The third-order valence-corrected chi connectivity index (χ3v) is 2.96. The van der Waals surface area contributed by atoms with Crippen molar-refractivity contribution in [3.05, 3.63) is 17.0 Å². The van der Waals surface area contributed by atoms with Crippen LogP contribution in [-0.4, -0.2) is 48.7 Å². The number of ether oxygens (including phenoxy) is 2. The van der Waals surface area contributed by atoms with Gasteiger partial charge in [-0.1, -0.05) is 0 Å². The highest BCUT2D eigenvalue weighted by atomic mass is 19.4. The lowest BCUT2D eigenvalue weighted by Crippen LogP contribution is -2.24. The van der Waals surface area contributed by atoms with Crippen molar-refractivity contribution in [2.75, 3.05) is 26.9 Å². The Morgan fingerprint density at radius 1 is 1.24 bits per heavy atom. The first-order valence-corrected chi connectivity index (χ1v) is 6.51. The summed E-state index contributed by atoms with van der Waals surface area (Å²) >= 11 is 0. The predicted octanol–water partition coefficient (Wildman–Crippen LogP) is 2.30. The number of carbonyl (C=O) groups excluding carboxylic acids is 1. The van der Waals surface area contributed by atoms with Crippen molar-refractivity contribution in [1.82, 2.24) is 9.78 Å². The Morgan fingerprint density at radius 3 is 2.48 bits per heavy atom. The van der Waals surface area contributed by atoms with Gasteiger partial charge in [0.05, 0.1) is 24.5 Å². The number of halogens is 3. The number of ketones is 1. The zero-order chi connectivity index (χ0) is 16.0. The number of alkyl halides is 3. The first-order chi connectivity index (χ1) is 9.79. The molecule has 0 bridgehead atoms. The lowest BCUT2D eigenvalue weighted by molar-refractivity contribution is -0.0886. The molecule has 0 aliphatic heterocycles. The maximum atomic E-state index is 12.5. The number of carbonyl (C=O) groups is 1. The normalized spacial score (nSPS) is 11.9. The molecule has 1 aromatic heterocycles. The number of rotatable bonds is 8. The molecule has 0 atom stereocenters. The molecule has 0 spiro atoms. The van der Waals surface area contributed by atoms with E-state index in [4.69, 9.17) is 9.47 Å². The van der Waals surface area contributed by atoms with E-state index in [9.17, 15) is 18.0 Å². The highest BCUT2D eigenvalue weighted by molar-refractivity contribution is 6.02. The van der Waals surface area contributed by atoms with Gasteiger partial charge in [-0.05, 0) is 20.3 Å². The molecule has 8 heteroatoms. The van der Waals surface area contributed by atoms with Crippen LogP contribution in [0, 0.1) is 13.8 Å². The molecule has 21 heavy (non-hydrogen) atoms. The molecular formula is C13H19F3N2O3. The Bertz CT molecular complexity index is 484. The molecule has 0 saturated heterocycles. The van der Waals surface area contributed by atoms with E-state index in [1.165, 1.54) is 18.5 Å². The van der Waals surface area contributed by atoms with E-state index in [0.717, 1.165) is 0 Å². The third-order valence-electron chi connectivity index (χ3n) is 2.96. The molecule has 120 valence electrons. The van der Waals surface area contributed by atoms with Crippen LogP contribution in [0.15, 0.2) is 0 Å². The van der Waals surface area contributed by atoms with E-state index in [0.29, 0.717) is 32.8 Å². The summed E-state index contributed by atoms with van der Waals surface area (Å²) in [7, 11) is 1.57. The van der Waals surface area contributed by atoms with Gasteiger partial charge in [0, 0.05) is 26.0 Å². The second-order valence-electron chi connectivity index (χ2n) is 4.55. The molecule has 0 saturated carbocycles. The summed E-state index contributed by atoms with van der Waals surface area (Å²) < 4.78 is 49.0. The van der Waals surface area contributed by atoms with Crippen LogP contribution in [0.4, 0.5) is 13.2 Å². The Kier molecular flexibility index (Phi) is 6.35. The van der Waals surface area contributed by atoms with Crippen molar-refractivity contribution in [2.45, 2.75) is 33.0 Å². The molecule has 0 radical (unpaired) electrons. The van der Waals surface area contributed by atoms with E-state index >= 15 is 0 Å². The molecule has 0 fully saturated rings. The fraction of sp³-hybridized carbons (Fsp3) is 0.692. The number of aryl methyl sites for hydroxylation is 2. The van der Waals surface area contributed by atoms with Crippen LogP contribution in [0.25, 0.3) is 0 Å². The van der Waals surface area contributed by atoms with Gasteiger partial charge in [0.2, 0.25) is 0 Å². The van der Waals surface area contributed by atoms with Gasteiger partial charge < -0.3 is 9.47 Å². The minimum absolute atomic E-state index is 0.0927. The summed E-state index contributed by atoms with van der Waals surface area (Å²) in [6, 6.07) is 0. The van der Waals surface area contributed by atoms with Crippen LogP contribution in [0.3, 0.4) is 0 Å². The highest BCUT2D eigenvalue weighted by Gasteiger charge is 2.42. The predicted molar refractivity (Wildman–Crippen MR) is 69.4 cm³/mol. The average Bonchev–Trinajstić information content (AvgIpc) is 2.67. The van der Waals surface area contributed by atoms with Crippen molar-refractivity contribution in [3.63, 3.8) is 0 Å². The van der Waals surface area contributed by atoms with Crippen LogP contribution in [0.5, 0.6) is 0 Å². The fourth-order valence-corrected chi connectivity index (χ4v) is 1.95. The van der Waals surface area contributed by atoms with Gasteiger partial charge in [-0.2, -0.15) is 18.3 Å². The monoisotopic (exact) mass is 308 g/mol. The summed E-state index contributed by atoms with van der Waals surface area (Å²) in [5.74, 6) is -1.85. The molecule has 0 aromatic carbocycles. The molecule has 0 aliphatic rings. The number of aromatic nitrogens is 2. The Balaban J connectivity index is 2.64. The maximum Gasteiger partial charge on any atom is 0.455 e. The molecule has 1 aromatic rings. The van der Waals surface area contributed by atoms with E-state index in [1.54, 1.807) is 7.11 Å². The minimum Gasteiger partial charge on any atom is -0.382 e. The minimum atomic E-state index is -4.88. The molecule has 0 N–H and O–H groups in total. The maximum absolute atomic E-state index is 12.5. The standard InChI is InChI=1S/C13H19F3N2O3/c1-9-11(12(19)13(14,15)16)10(2)18(17-9)5-4-6-21-8-7-20-3/h4-8H2,1-3H3. The summed E-state index contributed by atoms with van der Waals surface area (Å²) in [6.45, 7) is 4.66. The fourth-order valence-electron chi connectivity index (χ4n) is 1.95. The zero-order valence-corrected chi connectivity index (χ0v) is 12.3. The highest BCUT2D eigenvalue weighted by Crippen LogP contribution is 2.25. The number of nitrogens with zero attached hydrogens (tertiary/aromatic N) is 2. The average molecular weight is 308 g/mol. The van der Waals surface area contributed by atoms with Crippen LogP contribution in [-0.2, 0) is 16.0 Å². The second-order valence-corrected chi connectivity index (χ2v) is 4.55. The van der Waals surface area contributed by atoms with Gasteiger partial charge in [-0.3, -0.25) is 9.48 Å². The second kappa shape index (κ2) is 7.56. The number of methoxy groups -OCH3 is 1. The van der Waals surface area contributed by atoms with E-state index < -0.39 is 12.0 Å². The van der Waals surface area contributed by atoms with Crippen molar-refractivity contribution in [2.24, 2.45) is 0 Å². The van der Waals surface area contributed by atoms with Crippen molar-refractivity contribution < 1.29 is 27.4 Å². The van der Waals surface area contributed by atoms with Gasteiger partial charge in [0.25, 0.3) is 5.78 Å². The van der Waals surface area contributed by atoms with Crippen molar-refractivity contribution in [1.29, 1.82) is 0 Å². The number of Topliss-reactive ketones (excluding diaryl/α,β-unsaturated/α-hetero) is 1. The van der Waals surface area contributed by atoms with Gasteiger partial charge in [0.1, 0.15) is 0 Å². The van der Waals surface area contributed by atoms with Crippen molar-refractivity contribution >= 4 is 5.78 Å². The first-order valence-electron chi connectivity index (χ1n) is 6.51. The summed E-state index contributed by atoms with van der Waals surface area (Å²) in [5, 5.41) is 3.99. The Morgan fingerprint density at radius 2 is 1.90 bits per heavy atom. The van der Waals surface area contributed by atoms with E-state index in [2.05, 4.69) is 5.10 Å². The Hall–Kier alpha value is -1.41. The molecule has 5 nitrogen and oxygen atoms in total. The van der Waals surface area contributed by atoms with Crippen LogP contribution in [0.1, 0.15) is 28.2 Å². The largest absolute Gasteiger partial charge is 0.455 e. The van der Waals surface area contributed by atoms with Gasteiger partial charge in [-0.15, -0.1) is 0 Å². The van der Waals surface area contributed by atoms with Gasteiger partial charge >= 0.3 is 6.18 Å². The van der Waals surface area contributed by atoms with Crippen LogP contribution >= 0.6 is 0 Å². The zero-order valence-electron chi connectivity index (χ0n) is 12.3. The number of hydrogen-bond donors (Lipinski definition) is 0. The van der Waals surface area contributed by atoms with Gasteiger partial charge in [0.15, 0.2) is 0 Å². The van der Waals surface area contributed by atoms with Crippen molar-refractivity contribution in [3.8, 4) is 0 Å². The van der Waals surface area contributed by atoms with Gasteiger partial charge in [-0.25, -0.2) is 0 Å². The molecular weight excluding hydrogens is 289 g/mol. The quantitative estimate of drug-likeness (QED) is 0.546. The smallest absolute Gasteiger partial charge is 0.382 e. The lowest BCUT2D eigenvalue weighted by atomic mass is 10.1. The molecule has 1 rings (SSSR count). The molecule has 0 aliphatic carbocycles. The summed E-state index contributed by atoms with van der Waals surface area (Å²) in [5.41, 5.74) is -0.0374. The number of hydrogen-bond acceptors (Lipinski definition) is 4. The van der Waals surface area contributed by atoms with E-state index in [1.807, 2.05) is 0 Å². The SMILES string of the molecule is COCCOCCCn1nc(C)c(C(=O)C(F)(F)F)c1C. The molecule has 1 heterocycles. The molecule has 0 amide bonds.